The quantitative estimate of drug-likeness (QED) is 0.554. The number of thiazole rings is 1. The first-order chi connectivity index (χ1) is 12.6. The summed E-state index contributed by atoms with van der Waals surface area (Å²) < 4.78 is 1.30. The molecule has 2 N–H and O–H groups in total. The number of amides is 1. The lowest BCUT2D eigenvalue weighted by molar-refractivity contribution is 0.103. The maximum absolute atomic E-state index is 12.5. The summed E-state index contributed by atoms with van der Waals surface area (Å²) in [6.45, 7) is 1.88. The average Bonchev–Trinajstić information content (AvgIpc) is 3.27. The number of nitrogens with zero attached hydrogens (tertiary/aromatic N) is 6. The normalized spacial score (nSPS) is 10.8. The van der Waals surface area contributed by atoms with Crippen molar-refractivity contribution in [3.05, 3.63) is 52.0 Å². The molecule has 130 valence electrons. The Hall–Kier alpha value is -3.11. The average molecular weight is 387 g/mol. The Morgan fingerprint density at radius 1 is 1.27 bits per heavy atom. The van der Waals surface area contributed by atoms with E-state index >= 15 is 0 Å². The van der Waals surface area contributed by atoms with Crippen LogP contribution in [0.3, 0.4) is 0 Å². The second-order valence-corrected chi connectivity index (χ2v) is 6.72. The van der Waals surface area contributed by atoms with Gasteiger partial charge in [0.2, 0.25) is 0 Å². The molecule has 0 spiro atoms. The van der Waals surface area contributed by atoms with Crippen molar-refractivity contribution in [1.82, 2.24) is 30.2 Å². The van der Waals surface area contributed by atoms with Gasteiger partial charge in [0.25, 0.3) is 5.91 Å². The van der Waals surface area contributed by atoms with Crippen molar-refractivity contribution in [1.29, 1.82) is 0 Å². The van der Waals surface area contributed by atoms with E-state index in [9.17, 15) is 4.79 Å². The molecule has 11 heteroatoms. The Morgan fingerprint density at radius 3 is 3.00 bits per heavy atom. The summed E-state index contributed by atoms with van der Waals surface area (Å²) in [5, 5.41) is 22.1. The number of rotatable bonds is 4. The van der Waals surface area contributed by atoms with Crippen molar-refractivity contribution in [2.24, 2.45) is 0 Å². The van der Waals surface area contributed by atoms with Gasteiger partial charge < -0.3 is 10.6 Å². The molecule has 1 amide bonds. The highest BCUT2D eigenvalue weighted by Gasteiger charge is 2.14. The van der Waals surface area contributed by atoms with Gasteiger partial charge in [0.05, 0.1) is 16.9 Å². The van der Waals surface area contributed by atoms with Crippen molar-refractivity contribution >= 4 is 51.1 Å². The molecule has 0 radical (unpaired) electrons. The second-order valence-electron chi connectivity index (χ2n) is 5.29. The maximum Gasteiger partial charge on any atom is 0.267 e. The van der Waals surface area contributed by atoms with Crippen LogP contribution in [0.1, 0.15) is 15.2 Å². The maximum atomic E-state index is 12.5. The van der Waals surface area contributed by atoms with E-state index in [1.54, 1.807) is 18.2 Å². The van der Waals surface area contributed by atoms with Gasteiger partial charge in [0.1, 0.15) is 4.88 Å². The molecule has 0 bridgehead atoms. The third kappa shape index (κ3) is 3.19. The molecule has 0 fully saturated rings. The minimum atomic E-state index is -0.282. The molecule has 4 rings (SSSR count). The van der Waals surface area contributed by atoms with Crippen LogP contribution in [0.15, 0.2) is 36.5 Å². The number of tetrazole rings is 1. The van der Waals surface area contributed by atoms with Gasteiger partial charge in [0.15, 0.2) is 16.6 Å². The molecule has 0 saturated carbocycles. The summed E-state index contributed by atoms with van der Waals surface area (Å²) in [7, 11) is 0. The number of hydrogen-bond donors (Lipinski definition) is 2. The number of carbonyl (C=O) groups is 1. The lowest BCUT2D eigenvalue weighted by Gasteiger charge is -2.08. The molecule has 0 aliphatic heterocycles. The van der Waals surface area contributed by atoms with Gasteiger partial charge in [-0.05, 0) is 41.1 Å². The fourth-order valence-corrected chi connectivity index (χ4v) is 3.22. The lowest BCUT2D eigenvalue weighted by atomic mass is 10.2. The van der Waals surface area contributed by atoms with Gasteiger partial charge in [0, 0.05) is 0 Å². The first kappa shape index (κ1) is 16.4. The number of nitrogens with one attached hydrogen (secondary N) is 2. The van der Waals surface area contributed by atoms with Crippen LogP contribution in [0.25, 0.3) is 5.65 Å². The van der Waals surface area contributed by atoms with Crippen LogP contribution in [0, 0.1) is 6.92 Å². The van der Waals surface area contributed by atoms with Crippen LogP contribution in [0.5, 0.6) is 0 Å². The van der Waals surface area contributed by atoms with E-state index in [-0.39, 0.29) is 5.91 Å². The third-order valence-electron chi connectivity index (χ3n) is 3.49. The SMILES string of the molecule is Cc1cccc(Cl)c1NC(=O)c1cnc(Nc2ccc3nnnn3n2)s1. The van der Waals surface area contributed by atoms with Crippen LogP contribution in [0.2, 0.25) is 5.02 Å². The molecule has 0 atom stereocenters. The van der Waals surface area contributed by atoms with Crippen LogP contribution in [-0.2, 0) is 0 Å². The molecule has 3 aromatic heterocycles. The van der Waals surface area contributed by atoms with Crippen LogP contribution in [-0.4, -0.2) is 36.1 Å². The first-order valence-electron chi connectivity index (χ1n) is 7.45. The topological polar surface area (TPSA) is 110 Å². The highest BCUT2D eigenvalue weighted by Crippen LogP contribution is 2.27. The standard InChI is InChI=1S/C15H11ClN8OS/c1-8-3-2-4-9(16)13(8)19-14(25)10-7-17-15(26-10)18-11-5-6-12-20-22-23-24(12)21-11/h2-7H,1H3,(H,19,25)(H,17,18,21). The minimum Gasteiger partial charge on any atom is -0.320 e. The first-order valence-corrected chi connectivity index (χ1v) is 8.64. The summed E-state index contributed by atoms with van der Waals surface area (Å²) in [6.07, 6.45) is 1.49. The smallest absolute Gasteiger partial charge is 0.267 e. The summed E-state index contributed by atoms with van der Waals surface area (Å²) in [5.41, 5.74) is 2.00. The van der Waals surface area contributed by atoms with Crippen LogP contribution >= 0.6 is 22.9 Å². The molecule has 1 aromatic carbocycles. The van der Waals surface area contributed by atoms with E-state index in [1.807, 2.05) is 19.1 Å². The van der Waals surface area contributed by atoms with Gasteiger partial charge >= 0.3 is 0 Å². The molecule has 0 unspecified atom stereocenters. The van der Waals surface area contributed by atoms with Crippen molar-refractivity contribution in [3.8, 4) is 0 Å². The predicted molar refractivity (Wildman–Crippen MR) is 98.1 cm³/mol. The molecule has 26 heavy (non-hydrogen) atoms. The number of hydrogen-bond acceptors (Lipinski definition) is 8. The fraction of sp³-hybridized carbons (Fsp3) is 0.0667. The number of anilines is 3. The Labute approximate surface area is 156 Å². The largest absolute Gasteiger partial charge is 0.320 e. The molecule has 0 aliphatic carbocycles. The molecular weight excluding hydrogens is 376 g/mol. The zero-order valence-electron chi connectivity index (χ0n) is 13.3. The van der Waals surface area contributed by atoms with Crippen molar-refractivity contribution in [2.45, 2.75) is 6.92 Å². The number of fused-ring (bicyclic) bond motifs is 1. The van der Waals surface area contributed by atoms with Crippen molar-refractivity contribution in [2.75, 3.05) is 10.6 Å². The van der Waals surface area contributed by atoms with Crippen LogP contribution < -0.4 is 10.6 Å². The Morgan fingerprint density at radius 2 is 2.15 bits per heavy atom. The lowest BCUT2D eigenvalue weighted by Crippen LogP contribution is -2.11. The van der Waals surface area contributed by atoms with Gasteiger partial charge in [-0.3, -0.25) is 4.79 Å². The zero-order valence-corrected chi connectivity index (χ0v) is 14.9. The molecule has 0 saturated heterocycles. The Kier molecular flexibility index (Phi) is 4.19. The number of aromatic nitrogens is 6. The molecule has 3 heterocycles. The van der Waals surface area contributed by atoms with E-state index in [0.717, 1.165) is 5.56 Å². The van der Waals surface area contributed by atoms with E-state index in [2.05, 4.69) is 36.2 Å². The zero-order chi connectivity index (χ0) is 18.1. The monoisotopic (exact) mass is 386 g/mol. The number of carbonyl (C=O) groups excluding carboxylic acids is 1. The highest BCUT2D eigenvalue weighted by molar-refractivity contribution is 7.17. The summed E-state index contributed by atoms with van der Waals surface area (Å²) in [4.78, 5) is 17.1. The predicted octanol–water partition coefficient (Wildman–Crippen LogP) is 2.93. The summed E-state index contributed by atoms with van der Waals surface area (Å²) >= 11 is 7.34. The van der Waals surface area contributed by atoms with E-state index < -0.39 is 0 Å². The Bertz CT molecular complexity index is 1090. The van der Waals surface area contributed by atoms with E-state index in [4.69, 9.17) is 11.6 Å². The number of halogens is 1. The van der Waals surface area contributed by atoms with Gasteiger partial charge in [-0.25, -0.2) is 4.98 Å². The van der Waals surface area contributed by atoms with Gasteiger partial charge in [-0.1, -0.05) is 35.1 Å². The second kappa shape index (κ2) is 6.65. The van der Waals surface area contributed by atoms with Crippen LogP contribution in [0.4, 0.5) is 16.6 Å². The fourth-order valence-electron chi connectivity index (χ4n) is 2.23. The number of benzene rings is 1. The molecule has 0 aliphatic rings. The summed E-state index contributed by atoms with van der Waals surface area (Å²) in [6, 6.07) is 8.87. The summed E-state index contributed by atoms with van der Waals surface area (Å²) in [5.74, 6) is 0.226. The number of aryl methyl sites for hydroxylation is 1. The molecule has 4 aromatic rings. The van der Waals surface area contributed by atoms with E-state index in [1.165, 1.54) is 22.2 Å². The van der Waals surface area contributed by atoms with Crippen molar-refractivity contribution in [3.63, 3.8) is 0 Å². The number of para-hydroxylation sites is 1. The van der Waals surface area contributed by atoms with Crippen molar-refractivity contribution < 1.29 is 4.79 Å². The van der Waals surface area contributed by atoms with E-state index in [0.29, 0.717) is 32.2 Å². The minimum absolute atomic E-state index is 0.282. The highest BCUT2D eigenvalue weighted by atomic mass is 35.5. The molecular formula is C15H11ClN8OS. The Balaban J connectivity index is 1.51. The van der Waals surface area contributed by atoms with Gasteiger partial charge in [-0.2, -0.15) is 0 Å². The third-order valence-corrected chi connectivity index (χ3v) is 4.72. The molecule has 9 nitrogen and oxygen atoms in total. The van der Waals surface area contributed by atoms with Gasteiger partial charge in [-0.15, -0.1) is 14.8 Å².